The number of rotatable bonds is 6. The second-order valence-electron chi connectivity index (χ2n) is 5.29. The Morgan fingerprint density at radius 2 is 1.82 bits per heavy atom. The third-order valence-electron chi connectivity index (χ3n) is 2.17. The summed E-state index contributed by atoms with van der Waals surface area (Å²) in [5.41, 5.74) is 5.09. The van der Waals surface area contributed by atoms with E-state index in [1.54, 1.807) is 7.05 Å². The van der Waals surface area contributed by atoms with Crippen molar-refractivity contribution in [3.8, 4) is 0 Å². The van der Waals surface area contributed by atoms with Gasteiger partial charge in [0.15, 0.2) is 0 Å². The number of hydrogen-bond donors (Lipinski definition) is 2. The first kappa shape index (κ1) is 15.9. The minimum atomic E-state index is -0.263. The second-order valence-corrected chi connectivity index (χ2v) is 5.29. The molecule has 0 saturated carbocycles. The number of amides is 2. The normalized spacial score (nSPS) is 11.1. The number of carbonyl (C=O) groups is 2. The molecule has 100 valence electrons. The number of unbranched alkanes of at least 4 members (excludes halogenated alkanes) is 1. The van der Waals surface area contributed by atoms with Crippen molar-refractivity contribution in [1.82, 2.24) is 10.2 Å². The predicted molar refractivity (Wildman–Crippen MR) is 68.4 cm³/mol. The Labute approximate surface area is 104 Å². The molecular formula is C12H25N3O2. The largest absolute Gasteiger partial charge is 0.350 e. The third kappa shape index (κ3) is 8.68. The predicted octanol–water partition coefficient (Wildman–Crippen LogP) is 0.489. The lowest BCUT2D eigenvalue weighted by molar-refractivity contribution is -0.135. The topological polar surface area (TPSA) is 75.4 Å². The fraction of sp³-hybridized carbons (Fsp3) is 0.833. The van der Waals surface area contributed by atoms with Crippen molar-refractivity contribution in [3.05, 3.63) is 0 Å². The van der Waals surface area contributed by atoms with E-state index in [9.17, 15) is 9.59 Å². The van der Waals surface area contributed by atoms with Gasteiger partial charge >= 0.3 is 0 Å². The van der Waals surface area contributed by atoms with E-state index in [4.69, 9.17) is 5.73 Å². The van der Waals surface area contributed by atoms with Gasteiger partial charge in [0.25, 0.3) is 0 Å². The molecule has 0 aromatic carbocycles. The fourth-order valence-electron chi connectivity index (χ4n) is 1.37. The van der Waals surface area contributed by atoms with Crippen molar-refractivity contribution in [3.63, 3.8) is 0 Å². The summed E-state index contributed by atoms with van der Waals surface area (Å²) in [7, 11) is 1.65. The smallest absolute Gasteiger partial charge is 0.240 e. The molecule has 0 rings (SSSR count). The quantitative estimate of drug-likeness (QED) is 0.667. The number of nitrogens with two attached hydrogens (primary N) is 1. The highest BCUT2D eigenvalue weighted by atomic mass is 16.2. The van der Waals surface area contributed by atoms with Crippen molar-refractivity contribution in [2.75, 3.05) is 20.1 Å². The molecule has 0 unspecified atom stereocenters. The molecule has 0 aliphatic heterocycles. The molecule has 0 fully saturated rings. The van der Waals surface area contributed by atoms with Gasteiger partial charge in [-0.25, -0.2) is 0 Å². The van der Waals surface area contributed by atoms with Gasteiger partial charge in [0, 0.05) is 19.0 Å². The summed E-state index contributed by atoms with van der Waals surface area (Å²) in [6, 6.07) is 0. The van der Waals surface area contributed by atoms with E-state index < -0.39 is 0 Å². The molecule has 0 saturated heterocycles. The van der Waals surface area contributed by atoms with Gasteiger partial charge in [-0.1, -0.05) is 0 Å². The Hall–Kier alpha value is -1.10. The maximum Gasteiger partial charge on any atom is 0.240 e. The summed E-state index contributed by atoms with van der Waals surface area (Å²) in [6.45, 7) is 6.44. The Morgan fingerprint density at radius 3 is 2.29 bits per heavy atom. The van der Waals surface area contributed by atoms with Crippen molar-refractivity contribution >= 4 is 11.8 Å². The van der Waals surface area contributed by atoms with Gasteiger partial charge < -0.3 is 16.0 Å². The van der Waals surface area contributed by atoms with Crippen molar-refractivity contribution < 1.29 is 9.59 Å². The maximum absolute atomic E-state index is 11.6. The van der Waals surface area contributed by atoms with E-state index in [0.29, 0.717) is 13.0 Å². The third-order valence-corrected chi connectivity index (χ3v) is 2.17. The number of likely N-dealkylation sites (N-methyl/N-ethyl adjacent to an activating group) is 1. The lowest BCUT2D eigenvalue weighted by atomic mass is 10.1. The summed E-state index contributed by atoms with van der Waals surface area (Å²) in [4.78, 5) is 24.7. The second kappa shape index (κ2) is 7.27. The molecule has 3 N–H and O–H groups in total. The molecule has 0 aromatic rings. The van der Waals surface area contributed by atoms with E-state index in [2.05, 4.69) is 5.32 Å². The van der Waals surface area contributed by atoms with Gasteiger partial charge in [-0.3, -0.25) is 9.59 Å². The van der Waals surface area contributed by atoms with Gasteiger partial charge in [-0.05, 0) is 40.2 Å². The van der Waals surface area contributed by atoms with Crippen LogP contribution in [0.1, 0.15) is 40.0 Å². The Morgan fingerprint density at radius 1 is 1.24 bits per heavy atom. The summed E-state index contributed by atoms with van der Waals surface area (Å²) in [5, 5.41) is 2.82. The summed E-state index contributed by atoms with van der Waals surface area (Å²) in [5.74, 6) is -0.144. The molecule has 0 heterocycles. The van der Waals surface area contributed by atoms with Gasteiger partial charge in [0.2, 0.25) is 11.8 Å². The van der Waals surface area contributed by atoms with Crippen LogP contribution in [0.3, 0.4) is 0 Å². The van der Waals surface area contributed by atoms with Crippen molar-refractivity contribution in [2.24, 2.45) is 5.73 Å². The van der Waals surface area contributed by atoms with Crippen LogP contribution in [0, 0.1) is 0 Å². The minimum absolute atomic E-state index is 0.0116. The zero-order chi connectivity index (χ0) is 13.5. The maximum atomic E-state index is 11.6. The van der Waals surface area contributed by atoms with E-state index in [1.807, 2.05) is 20.8 Å². The van der Waals surface area contributed by atoms with E-state index >= 15 is 0 Å². The average molecular weight is 243 g/mol. The molecule has 0 spiro atoms. The zero-order valence-electron chi connectivity index (χ0n) is 11.4. The monoisotopic (exact) mass is 243 g/mol. The van der Waals surface area contributed by atoms with Crippen LogP contribution in [-0.2, 0) is 9.59 Å². The lowest BCUT2D eigenvalue weighted by Gasteiger charge is -2.23. The summed E-state index contributed by atoms with van der Waals surface area (Å²) in [6.07, 6.45) is 2.07. The first-order chi connectivity index (χ1) is 7.76. The van der Waals surface area contributed by atoms with E-state index in [0.717, 1.165) is 12.8 Å². The van der Waals surface area contributed by atoms with Gasteiger partial charge in [-0.2, -0.15) is 0 Å². The molecule has 0 bridgehead atoms. The summed E-state index contributed by atoms with van der Waals surface area (Å²) < 4.78 is 0. The number of nitrogens with zero attached hydrogens (tertiary/aromatic N) is 1. The molecule has 0 atom stereocenters. The molecule has 17 heavy (non-hydrogen) atoms. The minimum Gasteiger partial charge on any atom is -0.350 e. The van der Waals surface area contributed by atoms with Crippen molar-refractivity contribution in [2.45, 2.75) is 45.6 Å². The molecule has 0 radical (unpaired) electrons. The highest BCUT2D eigenvalue weighted by Crippen LogP contribution is 2.01. The van der Waals surface area contributed by atoms with Crippen LogP contribution in [-0.4, -0.2) is 42.4 Å². The number of hydrogen-bond acceptors (Lipinski definition) is 3. The van der Waals surface area contributed by atoms with Crippen LogP contribution >= 0.6 is 0 Å². The Bertz CT molecular complexity index is 259. The first-order valence-corrected chi connectivity index (χ1v) is 6.01. The van der Waals surface area contributed by atoms with Crippen LogP contribution in [0.4, 0.5) is 0 Å². The lowest BCUT2D eigenvalue weighted by Crippen LogP contribution is -2.46. The molecule has 0 aromatic heterocycles. The van der Waals surface area contributed by atoms with Gasteiger partial charge in [0.1, 0.15) is 0 Å². The van der Waals surface area contributed by atoms with Crippen molar-refractivity contribution in [1.29, 1.82) is 0 Å². The first-order valence-electron chi connectivity index (χ1n) is 6.01. The van der Waals surface area contributed by atoms with Gasteiger partial charge in [-0.15, -0.1) is 0 Å². The highest BCUT2D eigenvalue weighted by Gasteiger charge is 2.17. The standard InChI is InChI=1S/C12H25N3O2/c1-12(2,3)14-10(16)9-15(4)11(17)7-5-6-8-13/h5-9,13H2,1-4H3,(H,14,16). The van der Waals surface area contributed by atoms with Crippen LogP contribution in [0.15, 0.2) is 0 Å². The van der Waals surface area contributed by atoms with Gasteiger partial charge in [0.05, 0.1) is 6.54 Å². The van der Waals surface area contributed by atoms with E-state index in [-0.39, 0.29) is 23.9 Å². The molecule has 5 nitrogen and oxygen atoms in total. The van der Waals surface area contributed by atoms with Crippen LogP contribution in [0.25, 0.3) is 0 Å². The van der Waals surface area contributed by atoms with E-state index in [1.165, 1.54) is 4.90 Å². The van der Waals surface area contributed by atoms with Crippen LogP contribution in [0.5, 0.6) is 0 Å². The number of nitrogens with one attached hydrogen (secondary N) is 1. The fourth-order valence-corrected chi connectivity index (χ4v) is 1.37. The zero-order valence-corrected chi connectivity index (χ0v) is 11.4. The van der Waals surface area contributed by atoms with Crippen LogP contribution in [0.2, 0.25) is 0 Å². The average Bonchev–Trinajstić information content (AvgIpc) is 2.14. The SMILES string of the molecule is CN(CC(=O)NC(C)(C)C)C(=O)CCCCN. The molecule has 0 aliphatic carbocycles. The van der Waals surface area contributed by atoms with Crippen LogP contribution < -0.4 is 11.1 Å². The number of carbonyl (C=O) groups excluding carboxylic acids is 2. The molecular weight excluding hydrogens is 218 g/mol. The highest BCUT2D eigenvalue weighted by molar-refractivity contribution is 5.84. The Balaban J connectivity index is 3.95. The Kier molecular flexibility index (Phi) is 6.80. The molecule has 0 aliphatic rings. The molecule has 5 heteroatoms. The molecule has 2 amide bonds. The summed E-state index contributed by atoms with van der Waals surface area (Å²) >= 11 is 0.